The number of amides is 1. The molecule has 28 heavy (non-hydrogen) atoms. The molecule has 2 aromatic heterocycles. The van der Waals surface area contributed by atoms with Crippen LogP contribution in [-0.4, -0.2) is 33.3 Å². The Balaban J connectivity index is 1.61. The summed E-state index contributed by atoms with van der Waals surface area (Å²) in [6.45, 7) is 0.666. The Hall–Kier alpha value is -3.27. The summed E-state index contributed by atoms with van der Waals surface area (Å²) in [6.07, 6.45) is 1.92. The Labute approximate surface area is 167 Å². The normalized spacial score (nSPS) is 10.6. The molecule has 0 bridgehead atoms. The Kier molecular flexibility index (Phi) is 5.99. The van der Waals surface area contributed by atoms with E-state index in [0.29, 0.717) is 30.7 Å². The number of nitrogens with zero attached hydrogens (tertiary/aromatic N) is 3. The van der Waals surface area contributed by atoms with Crippen molar-refractivity contribution in [3.63, 3.8) is 0 Å². The minimum absolute atomic E-state index is 0.0829. The molecule has 0 atom stereocenters. The molecule has 1 aromatic carbocycles. The van der Waals surface area contributed by atoms with Crippen molar-refractivity contribution in [1.29, 1.82) is 0 Å². The summed E-state index contributed by atoms with van der Waals surface area (Å²) in [6, 6.07) is 11.8. The molecule has 0 saturated heterocycles. The van der Waals surface area contributed by atoms with E-state index >= 15 is 0 Å². The van der Waals surface area contributed by atoms with Crippen LogP contribution in [0.25, 0.3) is 5.65 Å². The fourth-order valence-corrected chi connectivity index (χ4v) is 2.83. The Morgan fingerprint density at radius 2 is 1.93 bits per heavy atom. The van der Waals surface area contributed by atoms with Crippen molar-refractivity contribution in [3.8, 4) is 0 Å². The SMILES string of the molecule is O=C(NCCCNc1nc2ccccn2c(=O)c1[N+](=O)[O-])c1ccc(Br)cc1. The number of nitrogens with one attached hydrogen (secondary N) is 2. The number of nitro groups is 1. The number of halogens is 1. The van der Waals surface area contributed by atoms with E-state index < -0.39 is 16.2 Å². The van der Waals surface area contributed by atoms with Gasteiger partial charge in [0.15, 0.2) is 0 Å². The number of carbonyl (C=O) groups excluding carboxylic acids is 1. The third-order valence-electron chi connectivity index (χ3n) is 3.93. The first-order chi connectivity index (χ1) is 13.5. The first kappa shape index (κ1) is 19.5. The van der Waals surface area contributed by atoms with Crippen molar-refractivity contribution in [2.75, 3.05) is 18.4 Å². The molecule has 3 rings (SSSR count). The summed E-state index contributed by atoms with van der Waals surface area (Å²) in [5, 5.41) is 16.9. The van der Waals surface area contributed by atoms with Crippen molar-refractivity contribution < 1.29 is 9.72 Å². The van der Waals surface area contributed by atoms with Gasteiger partial charge in [0.2, 0.25) is 5.82 Å². The van der Waals surface area contributed by atoms with Gasteiger partial charge in [-0.2, -0.15) is 0 Å². The third-order valence-corrected chi connectivity index (χ3v) is 4.46. The molecule has 0 spiro atoms. The van der Waals surface area contributed by atoms with E-state index in [2.05, 4.69) is 31.5 Å². The second-order valence-electron chi connectivity index (χ2n) is 5.84. The Morgan fingerprint density at radius 1 is 1.18 bits per heavy atom. The van der Waals surface area contributed by atoms with E-state index in [9.17, 15) is 19.7 Å². The van der Waals surface area contributed by atoms with Crippen molar-refractivity contribution in [2.45, 2.75) is 6.42 Å². The van der Waals surface area contributed by atoms with Gasteiger partial charge in [0, 0.05) is 29.3 Å². The molecule has 0 saturated carbocycles. The van der Waals surface area contributed by atoms with Gasteiger partial charge in [-0.25, -0.2) is 4.98 Å². The fourth-order valence-electron chi connectivity index (χ4n) is 2.57. The number of fused-ring (bicyclic) bond motifs is 1. The van der Waals surface area contributed by atoms with Gasteiger partial charge in [-0.05, 0) is 42.8 Å². The van der Waals surface area contributed by atoms with Gasteiger partial charge in [-0.1, -0.05) is 22.0 Å². The van der Waals surface area contributed by atoms with Crippen LogP contribution in [0.5, 0.6) is 0 Å². The molecular formula is C18H16BrN5O4. The minimum atomic E-state index is -0.748. The number of pyridine rings is 1. The van der Waals surface area contributed by atoms with Crippen LogP contribution >= 0.6 is 15.9 Å². The number of anilines is 1. The van der Waals surface area contributed by atoms with Gasteiger partial charge in [-0.3, -0.25) is 24.1 Å². The topological polar surface area (TPSA) is 119 Å². The van der Waals surface area contributed by atoms with Gasteiger partial charge in [0.1, 0.15) is 5.65 Å². The summed E-state index contributed by atoms with van der Waals surface area (Å²) in [5.74, 6) is -0.291. The van der Waals surface area contributed by atoms with Gasteiger partial charge in [-0.15, -0.1) is 0 Å². The van der Waals surface area contributed by atoms with Gasteiger partial charge < -0.3 is 10.6 Å². The highest BCUT2D eigenvalue weighted by atomic mass is 79.9. The zero-order valence-electron chi connectivity index (χ0n) is 14.6. The average molecular weight is 446 g/mol. The van der Waals surface area contributed by atoms with E-state index in [1.165, 1.54) is 6.20 Å². The van der Waals surface area contributed by atoms with Crippen molar-refractivity contribution in [3.05, 3.63) is 79.2 Å². The van der Waals surface area contributed by atoms with Crippen LogP contribution < -0.4 is 16.2 Å². The second kappa shape index (κ2) is 8.61. The van der Waals surface area contributed by atoms with E-state index in [-0.39, 0.29) is 11.7 Å². The van der Waals surface area contributed by atoms with Crippen LogP contribution in [0.15, 0.2) is 57.9 Å². The summed E-state index contributed by atoms with van der Waals surface area (Å²) in [7, 11) is 0. The van der Waals surface area contributed by atoms with Gasteiger partial charge in [0.05, 0.1) is 4.92 Å². The highest BCUT2D eigenvalue weighted by Crippen LogP contribution is 2.17. The molecule has 144 valence electrons. The highest BCUT2D eigenvalue weighted by Gasteiger charge is 2.23. The first-order valence-electron chi connectivity index (χ1n) is 8.41. The predicted octanol–water partition coefficient (Wildman–Crippen LogP) is 2.60. The van der Waals surface area contributed by atoms with E-state index in [1.807, 2.05) is 0 Å². The third kappa shape index (κ3) is 4.34. The van der Waals surface area contributed by atoms with Crippen molar-refractivity contribution in [2.24, 2.45) is 0 Å². The van der Waals surface area contributed by atoms with Crippen LogP contribution in [0.2, 0.25) is 0 Å². The molecule has 0 radical (unpaired) electrons. The molecule has 2 heterocycles. The Bertz CT molecular complexity index is 1080. The molecule has 0 fully saturated rings. The first-order valence-corrected chi connectivity index (χ1v) is 9.20. The molecular weight excluding hydrogens is 430 g/mol. The molecule has 0 unspecified atom stereocenters. The number of aromatic nitrogens is 2. The van der Waals surface area contributed by atoms with Gasteiger partial charge >= 0.3 is 11.2 Å². The number of hydrogen-bond acceptors (Lipinski definition) is 6. The lowest BCUT2D eigenvalue weighted by Crippen LogP contribution is -2.26. The number of carbonyl (C=O) groups is 1. The highest BCUT2D eigenvalue weighted by molar-refractivity contribution is 9.10. The summed E-state index contributed by atoms with van der Waals surface area (Å²) in [4.78, 5) is 39.1. The zero-order chi connectivity index (χ0) is 20.1. The monoisotopic (exact) mass is 445 g/mol. The maximum absolute atomic E-state index is 12.3. The lowest BCUT2D eigenvalue weighted by Gasteiger charge is -2.09. The molecule has 3 aromatic rings. The largest absolute Gasteiger partial charge is 0.376 e. The van der Waals surface area contributed by atoms with Crippen LogP contribution in [0, 0.1) is 10.1 Å². The number of hydrogen-bond donors (Lipinski definition) is 2. The smallest absolute Gasteiger partial charge is 0.364 e. The standard InChI is InChI=1S/C18H16BrN5O4/c19-13-7-5-12(6-8-13)17(25)21-10-3-9-20-16-15(24(27)28)18(26)23-11-2-1-4-14(23)22-16/h1-2,4-8,11,20H,3,9-10H2,(H,21,25). The van der Waals surface area contributed by atoms with Gasteiger partial charge in [0.25, 0.3) is 5.91 Å². The van der Waals surface area contributed by atoms with Crippen LogP contribution in [-0.2, 0) is 0 Å². The molecule has 10 heteroatoms. The molecule has 0 aliphatic carbocycles. The summed E-state index contributed by atoms with van der Waals surface area (Å²) < 4.78 is 2.01. The quantitative estimate of drug-likeness (QED) is 0.327. The molecule has 0 aliphatic heterocycles. The van der Waals surface area contributed by atoms with E-state index in [4.69, 9.17) is 0 Å². The number of benzene rings is 1. The average Bonchev–Trinajstić information content (AvgIpc) is 2.68. The lowest BCUT2D eigenvalue weighted by atomic mass is 10.2. The van der Waals surface area contributed by atoms with E-state index in [1.54, 1.807) is 42.5 Å². The fraction of sp³-hybridized carbons (Fsp3) is 0.167. The van der Waals surface area contributed by atoms with Crippen molar-refractivity contribution in [1.82, 2.24) is 14.7 Å². The lowest BCUT2D eigenvalue weighted by molar-refractivity contribution is -0.385. The molecule has 9 nitrogen and oxygen atoms in total. The van der Waals surface area contributed by atoms with Crippen LogP contribution in [0.4, 0.5) is 11.5 Å². The molecule has 0 aliphatic rings. The summed E-state index contributed by atoms with van der Waals surface area (Å²) >= 11 is 3.31. The second-order valence-corrected chi connectivity index (χ2v) is 6.76. The maximum Gasteiger partial charge on any atom is 0.376 e. The Morgan fingerprint density at radius 3 is 2.64 bits per heavy atom. The minimum Gasteiger partial charge on any atom is -0.364 e. The van der Waals surface area contributed by atoms with Crippen molar-refractivity contribution >= 4 is 39.0 Å². The molecule has 2 N–H and O–H groups in total. The van der Waals surface area contributed by atoms with Crippen LogP contribution in [0.1, 0.15) is 16.8 Å². The molecule has 1 amide bonds. The van der Waals surface area contributed by atoms with E-state index in [0.717, 1.165) is 8.87 Å². The number of rotatable bonds is 7. The maximum atomic E-state index is 12.3. The summed E-state index contributed by atoms with van der Waals surface area (Å²) in [5.41, 5.74) is -0.510. The zero-order valence-corrected chi connectivity index (χ0v) is 16.2. The van der Waals surface area contributed by atoms with Crippen LogP contribution in [0.3, 0.4) is 0 Å². The predicted molar refractivity (Wildman–Crippen MR) is 108 cm³/mol.